The Kier molecular flexibility index (Phi) is 3.79. The Hall–Kier alpha value is -2.07. The van der Waals surface area contributed by atoms with E-state index in [-0.39, 0.29) is 18.5 Å². The van der Waals surface area contributed by atoms with Gasteiger partial charge in [-0.2, -0.15) is 0 Å². The summed E-state index contributed by atoms with van der Waals surface area (Å²) in [6.07, 6.45) is 1.26. The quantitative estimate of drug-likeness (QED) is 0.879. The molecule has 18 heavy (non-hydrogen) atoms. The van der Waals surface area contributed by atoms with E-state index in [9.17, 15) is 4.79 Å². The highest BCUT2D eigenvalue weighted by Gasteiger charge is 2.15. The molecule has 0 fully saturated rings. The number of carbonyl (C=O) groups is 1. The van der Waals surface area contributed by atoms with Gasteiger partial charge in [-0.25, -0.2) is 4.79 Å². The van der Waals surface area contributed by atoms with E-state index in [0.717, 1.165) is 5.56 Å². The number of rotatable bonds is 5. The zero-order valence-corrected chi connectivity index (χ0v) is 10.00. The summed E-state index contributed by atoms with van der Waals surface area (Å²) in [6, 6.07) is 11.4. The fourth-order valence-corrected chi connectivity index (χ4v) is 1.67. The SMILES string of the molecule is CC(OCc1ccoc1C(=O)O)c1ccccc1. The van der Waals surface area contributed by atoms with Crippen molar-refractivity contribution in [3.8, 4) is 0 Å². The Labute approximate surface area is 105 Å². The fourth-order valence-electron chi connectivity index (χ4n) is 1.67. The predicted octanol–water partition coefficient (Wildman–Crippen LogP) is 3.26. The second-order valence-corrected chi connectivity index (χ2v) is 3.94. The highest BCUT2D eigenvalue weighted by Crippen LogP contribution is 2.20. The molecule has 4 nitrogen and oxygen atoms in total. The van der Waals surface area contributed by atoms with Crippen LogP contribution in [0.2, 0.25) is 0 Å². The Bertz CT molecular complexity index is 516. The van der Waals surface area contributed by atoms with Gasteiger partial charge in [0.1, 0.15) is 0 Å². The van der Waals surface area contributed by atoms with Crippen LogP contribution in [0.1, 0.15) is 34.7 Å². The molecule has 0 bridgehead atoms. The number of ether oxygens (including phenoxy) is 1. The number of furan rings is 1. The highest BCUT2D eigenvalue weighted by atomic mass is 16.5. The van der Waals surface area contributed by atoms with E-state index in [1.54, 1.807) is 6.07 Å². The maximum atomic E-state index is 10.8. The minimum absolute atomic E-state index is 0.0599. The van der Waals surface area contributed by atoms with Gasteiger partial charge >= 0.3 is 5.97 Å². The van der Waals surface area contributed by atoms with E-state index >= 15 is 0 Å². The van der Waals surface area contributed by atoms with E-state index in [1.165, 1.54) is 6.26 Å². The van der Waals surface area contributed by atoms with Crippen LogP contribution in [0.15, 0.2) is 47.1 Å². The molecule has 1 unspecified atom stereocenters. The summed E-state index contributed by atoms with van der Waals surface area (Å²) in [7, 11) is 0. The zero-order chi connectivity index (χ0) is 13.0. The summed E-state index contributed by atoms with van der Waals surface area (Å²) in [5.41, 5.74) is 1.60. The van der Waals surface area contributed by atoms with Crippen molar-refractivity contribution >= 4 is 5.97 Å². The van der Waals surface area contributed by atoms with Gasteiger partial charge in [0.15, 0.2) is 0 Å². The van der Waals surface area contributed by atoms with Crippen molar-refractivity contribution in [1.29, 1.82) is 0 Å². The van der Waals surface area contributed by atoms with Crippen LogP contribution in [0.4, 0.5) is 0 Å². The molecule has 4 heteroatoms. The van der Waals surface area contributed by atoms with Gasteiger partial charge in [0, 0.05) is 5.56 Å². The van der Waals surface area contributed by atoms with Crippen molar-refractivity contribution in [3.63, 3.8) is 0 Å². The van der Waals surface area contributed by atoms with E-state index in [1.807, 2.05) is 37.3 Å². The van der Waals surface area contributed by atoms with Gasteiger partial charge in [-0.05, 0) is 18.6 Å². The van der Waals surface area contributed by atoms with Gasteiger partial charge in [-0.15, -0.1) is 0 Å². The molecule has 0 saturated heterocycles. The van der Waals surface area contributed by atoms with E-state index < -0.39 is 5.97 Å². The van der Waals surface area contributed by atoms with Crippen LogP contribution in [-0.4, -0.2) is 11.1 Å². The van der Waals surface area contributed by atoms with Crippen LogP contribution in [0.25, 0.3) is 0 Å². The summed E-state index contributed by atoms with van der Waals surface area (Å²) >= 11 is 0. The highest BCUT2D eigenvalue weighted by molar-refractivity contribution is 5.85. The summed E-state index contributed by atoms with van der Waals surface area (Å²) in [5.74, 6) is -1.14. The molecule has 1 atom stereocenters. The molecule has 94 valence electrons. The third kappa shape index (κ3) is 2.78. The molecule has 0 radical (unpaired) electrons. The first-order valence-electron chi connectivity index (χ1n) is 5.64. The number of benzene rings is 1. The molecule has 0 spiro atoms. The largest absolute Gasteiger partial charge is 0.475 e. The van der Waals surface area contributed by atoms with Gasteiger partial charge in [-0.3, -0.25) is 0 Å². The lowest BCUT2D eigenvalue weighted by atomic mass is 10.1. The van der Waals surface area contributed by atoms with Crippen LogP contribution in [-0.2, 0) is 11.3 Å². The lowest BCUT2D eigenvalue weighted by molar-refractivity contribution is 0.0489. The van der Waals surface area contributed by atoms with Crippen LogP contribution in [0.3, 0.4) is 0 Å². The number of hydrogen-bond acceptors (Lipinski definition) is 3. The lowest BCUT2D eigenvalue weighted by Crippen LogP contribution is -2.04. The Balaban J connectivity index is 1.99. The van der Waals surface area contributed by atoms with Gasteiger partial charge in [0.05, 0.1) is 19.0 Å². The van der Waals surface area contributed by atoms with Crippen LogP contribution in [0.5, 0.6) is 0 Å². The first-order valence-corrected chi connectivity index (χ1v) is 5.64. The average Bonchev–Trinajstić information content (AvgIpc) is 2.85. The molecule has 0 aliphatic heterocycles. The summed E-state index contributed by atoms with van der Waals surface area (Å²) in [6.45, 7) is 2.14. The second-order valence-electron chi connectivity index (χ2n) is 3.94. The van der Waals surface area contributed by atoms with Crippen LogP contribution < -0.4 is 0 Å². The molecule has 2 rings (SSSR count). The molecule has 1 N–H and O–H groups in total. The Morgan fingerprint density at radius 1 is 1.33 bits per heavy atom. The fraction of sp³-hybridized carbons (Fsp3) is 0.214. The number of aromatic carboxylic acids is 1. The standard InChI is InChI=1S/C14H14O4/c1-10(11-5-3-2-4-6-11)18-9-12-7-8-17-13(12)14(15)16/h2-8,10H,9H2,1H3,(H,15,16). The third-order valence-corrected chi connectivity index (χ3v) is 2.70. The second kappa shape index (κ2) is 5.51. The van der Waals surface area contributed by atoms with Crippen molar-refractivity contribution in [2.75, 3.05) is 0 Å². The zero-order valence-electron chi connectivity index (χ0n) is 10.00. The van der Waals surface area contributed by atoms with Crippen molar-refractivity contribution in [1.82, 2.24) is 0 Å². The molecular formula is C14H14O4. The van der Waals surface area contributed by atoms with Crippen molar-refractivity contribution in [3.05, 3.63) is 59.5 Å². The normalized spacial score (nSPS) is 12.3. The molecular weight excluding hydrogens is 232 g/mol. The summed E-state index contributed by atoms with van der Waals surface area (Å²) < 4.78 is 10.5. The minimum atomic E-state index is -1.08. The van der Waals surface area contributed by atoms with Gasteiger partial charge < -0.3 is 14.3 Å². The average molecular weight is 246 g/mol. The minimum Gasteiger partial charge on any atom is -0.475 e. The smallest absolute Gasteiger partial charge is 0.372 e. The van der Waals surface area contributed by atoms with E-state index in [0.29, 0.717) is 5.56 Å². The number of carboxylic acid groups (broad SMARTS) is 1. The summed E-state index contributed by atoms with van der Waals surface area (Å²) in [5, 5.41) is 8.89. The van der Waals surface area contributed by atoms with Crippen LogP contribution >= 0.6 is 0 Å². The topological polar surface area (TPSA) is 59.7 Å². The Morgan fingerprint density at radius 3 is 2.72 bits per heavy atom. The van der Waals surface area contributed by atoms with Crippen molar-refractivity contribution < 1.29 is 19.1 Å². The van der Waals surface area contributed by atoms with Crippen molar-refractivity contribution in [2.24, 2.45) is 0 Å². The number of hydrogen-bond donors (Lipinski definition) is 1. The molecule has 2 aromatic rings. The first kappa shape index (κ1) is 12.4. The molecule has 0 amide bonds. The maximum absolute atomic E-state index is 10.8. The number of carboxylic acids is 1. The lowest BCUT2D eigenvalue weighted by Gasteiger charge is -2.12. The van der Waals surface area contributed by atoms with E-state index in [2.05, 4.69) is 0 Å². The molecule has 1 aromatic carbocycles. The first-order chi connectivity index (χ1) is 8.68. The molecule has 0 aliphatic rings. The molecule has 1 heterocycles. The van der Waals surface area contributed by atoms with Crippen LogP contribution in [0, 0.1) is 0 Å². The van der Waals surface area contributed by atoms with Gasteiger partial charge in [0.2, 0.25) is 5.76 Å². The molecule has 0 saturated carbocycles. The van der Waals surface area contributed by atoms with Gasteiger partial charge in [-0.1, -0.05) is 30.3 Å². The molecule has 0 aliphatic carbocycles. The maximum Gasteiger partial charge on any atom is 0.372 e. The van der Waals surface area contributed by atoms with E-state index in [4.69, 9.17) is 14.3 Å². The monoisotopic (exact) mass is 246 g/mol. The van der Waals surface area contributed by atoms with Gasteiger partial charge in [0.25, 0.3) is 0 Å². The van der Waals surface area contributed by atoms with Crippen molar-refractivity contribution in [2.45, 2.75) is 19.6 Å². The predicted molar refractivity (Wildman–Crippen MR) is 65.3 cm³/mol. The summed E-state index contributed by atoms with van der Waals surface area (Å²) in [4.78, 5) is 10.8. The molecule has 1 aromatic heterocycles. The third-order valence-electron chi connectivity index (χ3n) is 2.70. The Morgan fingerprint density at radius 2 is 2.06 bits per heavy atom.